The number of rotatable bonds is 7. The van der Waals surface area contributed by atoms with Gasteiger partial charge in [0.05, 0.1) is 16.7 Å². The number of fused-ring (bicyclic) bond motifs is 2. The van der Waals surface area contributed by atoms with Gasteiger partial charge in [0, 0.05) is 48.7 Å². The Balaban J connectivity index is 1.48. The van der Waals surface area contributed by atoms with Crippen molar-refractivity contribution < 1.29 is 4.79 Å². The lowest BCUT2D eigenvalue weighted by Crippen LogP contribution is -2.16. The molecular weight excluding hydrogens is 374 g/mol. The molecule has 0 saturated carbocycles. The average Bonchev–Trinajstić information content (AvgIpc) is 3.16. The second-order valence-corrected chi connectivity index (χ2v) is 8.12. The monoisotopic (exact) mass is 401 g/mol. The van der Waals surface area contributed by atoms with Crippen molar-refractivity contribution in [1.29, 1.82) is 0 Å². The predicted octanol–water partition coefficient (Wildman–Crippen LogP) is 5.03. The lowest BCUT2D eigenvalue weighted by Gasteiger charge is -2.12. The molecule has 0 spiro atoms. The molecule has 30 heavy (non-hydrogen) atoms. The first kappa shape index (κ1) is 20.0. The summed E-state index contributed by atoms with van der Waals surface area (Å²) in [7, 11) is 0. The molecule has 154 valence electrons. The zero-order chi connectivity index (χ0) is 21.1. The summed E-state index contributed by atoms with van der Waals surface area (Å²) < 4.78 is 4.21. The summed E-state index contributed by atoms with van der Waals surface area (Å²) in [6.45, 7) is 5.93. The van der Waals surface area contributed by atoms with E-state index in [0.29, 0.717) is 24.3 Å². The molecule has 0 aliphatic rings. The molecule has 0 aliphatic carbocycles. The number of amides is 1. The molecule has 4 aromatic rings. The molecule has 4 rings (SSSR count). The van der Waals surface area contributed by atoms with E-state index in [9.17, 15) is 9.59 Å². The number of benzene rings is 2. The van der Waals surface area contributed by atoms with Crippen molar-refractivity contribution in [2.45, 2.75) is 39.8 Å². The van der Waals surface area contributed by atoms with Crippen molar-refractivity contribution in [2.75, 3.05) is 5.32 Å². The first-order chi connectivity index (χ1) is 14.5. The fraction of sp³-hybridized carbons (Fsp3) is 0.280. The summed E-state index contributed by atoms with van der Waals surface area (Å²) in [6, 6.07) is 17.1. The van der Waals surface area contributed by atoms with Crippen LogP contribution in [0.1, 0.15) is 26.7 Å². The summed E-state index contributed by atoms with van der Waals surface area (Å²) in [5, 5.41) is 4.80. The van der Waals surface area contributed by atoms with Gasteiger partial charge in [0.25, 0.3) is 0 Å². The molecule has 0 unspecified atom stereocenters. The molecule has 2 aromatic carbocycles. The van der Waals surface area contributed by atoms with Gasteiger partial charge in [-0.3, -0.25) is 9.59 Å². The van der Waals surface area contributed by atoms with Crippen LogP contribution in [0.4, 0.5) is 5.69 Å². The topological polar surface area (TPSA) is 56.0 Å². The number of carbonyl (C=O) groups excluding carboxylic acids is 1. The number of hydrogen-bond acceptors (Lipinski definition) is 2. The van der Waals surface area contributed by atoms with Crippen LogP contribution in [0.5, 0.6) is 0 Å². The number of aryl methyl sites for hydroxylation is 2. The number of pyridine rings is 1. The van der Waals surface area contributed by atoms with E-state index < -0.39 is 0 Å². The number of nitrogens with one attached hydrogen (secondary N) is 1. The van der Waals surface area contributed by atoms with Gasteiger partial charge in [-0.1, -0.05) is 32.0 Å². The molecule has 5 heteroatoms. The normalized spacial score (nSPS) is 11.4. The highest BCUT2D eigenvalue weighted by atomic mass is 16.1. The minimum absolute atomic E-state index is 0.0000388. The molecule has 0 bridgehead atoms. The molecule has 0 radical (unpaired) electrons. The predicted molar refractivity (Wildman–Crippen MR) is 123 cm³/mol. The third-order valence-electron chi connectivity index (χ3n) is 5.50. The zero-order valence-electron chi connectivity index (χ0n) is 17.5. The minimum Gasteiger partial charge on any atom is -0.347 e. The lowest BCUT2D eigenvalue weighted by atomic mass is 10.1. The Morgan fingerprint density at radius 3 is 2.40 bits per heavy atom. The molecule has 1 N–H and O–H groups in total. The smallest absolute Gasteiger partial charge is 0.226 e. The van der Waals surface area contributed by atoms with Crippen LogP contribution in [0.25, 0.3) is 21.8 Å². The van der Waals surface area contributed by atoms with Crippen molar-refractivity contribution in [3.05, 3.63) is 77.2 Å². The van der Waals surface area contributed by atoms with E-state index in [0.717, 1.165) is 35.1 Å². The van der Waals surface area contributed by atoms with Gasteiger partial charge in [0.15, 0.2) is 5.43 Å². The first-order valence-corrected chi connectivity index (χ1v) is 10.5. The minimum atomic E-state index is -0.0415. The van der Waals surface area contributed by atoms with E-state index >= 15 is 0 Å². The maximum Gasteiger partial charge on any atom is 0.226 e. The molecule has 0 fully saturated rings. The van der Waals surface area contributed by atoms with Crippen LogP contribution in [0.3, 0.4) is 0 Å². The SMILES string of the molecule is CC(C)CCn1ccc2c(NC(=O)CCn3ccc(=O)c4ccccc43)cccc21. The molecule has 5 nitrogen and oxygen atoms in total. The van der Waals surface area contributed by atoms with Crippen LogP contribution in [0, 0.1) is 5.92 Å². The van der Waals surface area contributed by atoms with Crippen molar-refractivity contribution in [3.63, 3.8) is 0 Å². The number of anilines is 1. The number of nitrogens with zero attached hydrogens (tertiary/aromatic N) is 2. The summed E-state index contributed by atoms with van der Waals surface area (Å²) in [5.41, 5.74) is 2.83. The van der Waals surface area contributed by atoms with E-state index in [1.807, 2.05) is 41.0 Å². The highest BCUT2D eigenvalue weighted by Crippen LogP contribution is 2.25. The fourth-order valence-corrected chi connectivity index (χ4v) is 3.81. The molecule has 0 aliphatic heterocycles. The van der Waals surface area contributed by atoms with Crippen LogP contribution in [-0.2, 0) is 17.9 Å². The van der Waals surface area contributed by atoms with Crippen LogP contribution >= 0.6 is 0 Å². The van der Waals surface area contributed by atoms with Crippen molar-refractivity contribution in [2.24, 2.45) is 5.92 Å². The van der Waals surface area contributed by atoms with Gasteiger partial charge in [0.2, 0.25) is 5.91 Å². The van der Waals surface area contributed by atoms with Gasteiger partial charge in [-0.15, -0.1) is 0 Å². The maximum absolute atomic E-state index is 12.7. The van der Waals surface area contributed by atoms with Crippen molar-refractivity contribution >= 4 is 33.4 Å². The van der Waals surface area contributed by atoms with E-state index in [1.165, 1.54) is 0 Å². The summed E-state index contributed by atoms with van der Waals surface area (Å²) >= 11 is 0. The van der Waals surface area contributed by atoms with Gasteiger partial charge >= 0.3 is 0 Å². The zero-order valence-corrected chi connectivity index (χ0v) is 17.5. The van der Waals surface area contributed by atoms with Gasteiger partial charge in [-0.25, -0.2) is 0 Å². The number of aromatic nitrogens is 2. The van der Waals surface area contributed by atoms with Crippen molar-refractivity contribution in [1.82, 2.24) is 9.13 Å². The highest BCUT2D eigenvalue weighted by Gasteiger charge is 2.10. The first-order valence-electron chi connectivity index (χ1n) is 10.5. The Hall–Kier alpha value is -3.34. The molecule has 2 heterocycles. The van der Waals surface area contributed by atoms with E-state index in [-0.39, 0.29) is 11.3 Å². The Morgan fingerprint density at radius 2 is 1.57 bits per heavy atom. The second kappa shape index (κ2) is 8.57. The largest absolute Gasteiger partial charge is 0.347 e. The average molecular weight is 402 g/mol. The van der Waals surface area contributed by atoms with E-state index in [2.05, 4.69) is 42.1 Å². The third kappa shape index (κ3) is 4.15. The highest BCUT2D eigenvalue weighted by molar-refractivity contribution is 6.01. The van der Waals surface area contributed by atoms with Gasteiger partial charge < -0.3 is 14.5 Å². The summed E-state index contributed by atoms with van der Waals surface area (Å²) in [4.78, 5) is 24.7. The Labute approximate surface area is 175 Å². The van der Waals surface area contributed by atoms with Crippen molar-refractivity contribution in [3.8, 4) is 0 Å². The molecule has 0 saturated heterocycles. The van der Waals surface area contributed by atoms with Crippen LogP contribution in [0.15, 0.2) is 71.8 Å². The summed E-state index contributed by atoms with van der Waals surface area (Å²) in [5.74, 6) is 0.606. The van der Waals surface area contributed by atoms with Gasteiger partial charge in [-0.2, -0.15) is 0 Å². The second-order valence-electron chi connectivity index (χ2n) is 8.12. The Bertz CT molecular complexity index is 1250. The van der Waals surface area contributed by atoms with E-state index in [1.54, 1.807) is 12.3 Å². The van der Waals surface area contributed by atoms with Crippen LogP contribution in [0.2, 0.25) is 0 Å². The molecule has 0 atom stereocenters. The number of para-hydroxylation sites is 1. The van der Waals surface area contributed by atoms with Crippen LogP contribution < -0.4 is 10.7 Å². The molecular formula is C25H27N3O2. The van der Waals surface area contributed by atoms with Gasteiger partial charge in [-0.05, 0) is 42.7 Å². The number of hydrogen-bond donors (Lipinski definition) is 1. The lowest BCUT2D eigenvalue weighted by molar-refractivity contribution is -0.116. The summed E-state index contributed by atoms with van der Waals surface area (Å²) in [6.07, 6.45) is 5.30. The van der Waals surface area contributed by atoms with Crippen LogP contribution in [-0.4, -0.2) is 15.0 Å². The molecule has 1 amide bonds. The van der Waals surface area contributed by atoms with E-state index in [4.69, 9.17) is 0 Å². The standard InChI is InChI=1S/C25H27N3O2/c1-18(2)10-14-27-15-11-19-21(7-5-9-22(19)27)26-25(30)13-17-28-16-12-24(29)20-6-3-4-8-23(20)28/h3-9,11-12,15-16,18H,10,13-14,17H2,1-2H3,(H,26,30). The Kier molecular flexibility index (Phi) is 5.70. The third-order valence-corrected chi connectivity index (χ3v) is 5.50. The quantitative estimate of drug-likeness (QED) is 0.472. The molecule has 2 aromatic heterocycles. The Morgan fingerprint density at radius 1 is 0.867 bits per heavy atom. The maximum atomic E-state index is 12.7. The van der Waals surface area contributed by atoms with Gasteiger partial charge in [0.1, 0.15) is 0 Å². The number of carbonyl (C=O) groups is 1. The fourth-order valence-electron chi connectivity index (χ4n) is 3.81.